The smallest absolute Gasteiger partial charge is 0.317 e. The van der Waals surface area contributed by atoms with Gasteiger partial charge in [0.15, 0.2) is 0 Å². The third kappa shape index (κ3) is 17.1. The molecule has 0 saturated heterocycles. The number of carbonyl (C=O) groups excluding carboxylic acids is 1. The monoisotopic (exact) mass is 382 g/mol. The Bertz CT molecular complexity index is 360. The molecule has 0 aromatic heterocycles. The molecule has 0 radical (unpaired) electrons. The summed E-state index contributed by atoms with van der Waals surface area (Å²) in [6, 6.07) is 0. The van der Waals surface area contributed by atoms with Gasteiger partial charge in [-0.05, 0) is 32.6 Å². The molecule has 152 valence electrons. The van der Waals surface area contributed by atoms with Crippen molar-refractivity contribution in [3.05, 3.63) is 0 Å². The summed E-state index contributed by atoms with van der Waals surface area (Å²) in [6.45, 7) is 6.31. The van der Waals surface area contributed by atoms with E-state index in [-0.39, 0.29) is 23.1 Å². The van der Waals surface area contributed by atoms with Crippen LogP contribution in [0, 0.1) is 0 Å². The second kappa shape index (κ2) is 18.1. The van der Waals surface area contributed by atoms with Crippen LogP contribution in [0.5, 0.6) is 0 Å². The molecule has 0 fully saturated rings. The van der Waals surface area contributed by atoms with Crippen molar-refractivity contribution in [3.8, 4) is 0 Å². The maximum atomic E-state index is 11.7. The molecule has 26 heavy (non-hydrogen) atoms. The average molecular weight is 383 g/mol. The second-order valence-electron chi connectivity index (χ2n) is 7.53. The first-order valence-corrected chi connectivity index (χ1v) is 10.4. The van der Waals surface area contributed by atoms with Crippen molar-refractivity contribution >= 4 is 35.0 Å². The molecule has 0 aromatic carbocycles. The Labute approximate surface area is 177 Å². The molecule has 0 aliphatic carbocycles. The first kappa shape index (κ1) is 27.9. The van der Waals surface area contributed by atoms with E-state index >= 15 is 0 Å². The SMILES string of the molecule is CCCCCCCCCCCCC(C)(CCCC)OC(=O)CC(=O)O.[MgH2]. The number of rotatable bonds is 17. The van der Waals surface area contributed by atoms with E-state index in [0.717, 1.165) is 38.5 Å². The van der Waals surface area contributed by atoms with Crippen molar-refractivity contribution in [1.29, 1.82) is 0 Å². The number of hydrogen-bond donors (Lipinski definition) is 1. The fourth-order valence-electron chi connectivity index (χ4n) is 3.20. The zero-order valence-corrected chi connectivity index (χ0v) is 16.8. The summed E-state index contributed by atoms with van der Waals surface area (Å²) in [5, 5.41) is 8.72. The molecule has 0 aromatic rings. The number of hydrogen-bond acceptors (Lipinski definition) is 3. The van der Waals surface area contributed by atoms with Crippen molar-refractivity contribution in [2.24, 2.45) is 0 Å². The van der Waals surface area contributed by atoms with Gasteiger partial charge in [0.2, 0.25) is 0 Å². The van der Waals surface area contributed by atoms with Crippen molar-refractivity contribution in [1.82, 2.24) is 0 Å². The van der Waals surface area contributed by atoms with Crippen LogP contribution in [0.15, 0.2) is 0 Å². The van der Waals surface area contributed by atoms with Gasteiger partial charge in [0.1, 0.15) is 12.0 Å². The molecule has 0 heterocycles. The molecule has 0 rings (SSSR count). The van der Waals surface area contributed by atoms with E-state index in [2.05, 4.69) is 13.8 Å². The number of unbranched alkanes of at least 4 members (excludes halogenated alkanes) is 10. The Hall–Kier alpha value is -0.294. The van der Waals surface area contributed by atoms with Crippen LogP contribution in [0.2, 0.25) is 0 Å². The molecule has 0 aliphatic heterocycles. The maximum Gasteiger partial charge on any atom is 0.317 e. The lowest BCUT2D eigenvalue weighted by molar-refractivity contribution is -0.163. The third-order valence-electron chi connectivity index (χ3n) is 4.77. The average Bonchev–Trinajstić information content (AvgIpc) is 2.54. The van der Waals surface area contributed by atoms with Crippen LogP contribution in [-0.2, 0) is 14.3 Å². The third-order valence-corrected chi connectivity index (χ3v) is 4.77. The van der Waals surface area contributed by atoms with E-state index in [1.54, 1.807) is 0 Å². The van der Waals surface area contributed by atoms with E-state index in [1.807, 2.05) is 6.92 Å². The number of carboxylic acids is 1. The maximum absolute atomic E-state index is 11.7. The number of aliphatic carboxylic acids is 1. The summed E-state index contributed by atoms with van der Waals surface area (Å²) in [4.78, 5) is 22.4. The van der Waals surface area contributed by atoms with Crippen LogP contribution in [-0.4, -0.2) is 45.7 Å². The van der Waals surface area contributed by atoms with Crippen LogP contribution in [0.3, 0.4) is 0 Å². The van der Waals surface area contributed by atoms with E-state index in [0.29, 0.717) is 0 Å². The quantitative estimate of drug-likeness (QED) is 0.159. The highest BCUT2D eigenvalue weighted by molar-refractivity contribution is 5.90. The molecule has 0 aliphatic rings. The number of esters is 1. The molecular weight excluding hydrogens is 341 g/mol. The highest BCUT2D eigenvalue weighted by Crippen LogP contribution is 2.27. The Kier molecular flexibility index (Phi) is 19.4. The standard InChI is InChI=1S/C21H40O4.Mg.2H/c1-4-6-8-9-10-11-12-13-14-15-17-21(3,16-7-5-2)25-20(24)18-19(22)23;;;/h4-18H2,1-3H3,(H,22,23);;;. The van der Waals surface area contributed by atoms with Crippen LogP contribution in [0.1, 0.15) is 117 Å². The van der Waals surface area contributed by atoms with Gasteiger partial charge in [-0.1, -0.05) is 78.1 Å². The molecule has 4 nitrogen and oxygen atoms in total. The molecule has 0 bridgehead atoms. The lowest BCUT2D eigenvalue weighted by atomic mass is 9.91. The van der Waals surface area contributed by atoms with Gasteiger partial charge >= 0.3 is 35.0 Å². The lowest BCUT2D eigenvalue weighted by Crippen LogP contribution is -2.32. The Balaban J connectivity index is 0. The molecular formula is C21H42MgO4. The van der Waals surface area contributed by atoms with Gasteiger partial charge < -0.3 is 9.84 Å². The fourth-order valence-corrected chi connectivity index (χ4v) is 3.20. The molecule has 0 saturated carbocycles. The normalized spacial score (nSPS) is 12.9. The van der Waals surface area contributed by atoms with Gasteiger partial charge in [-0.2, -0.15) is 0 Å². The van der Waals surface area contributed by atoms with Crippen molar-refractivity contribution in [2.45, 2.75) is 123 Å². The topological polar surface area (TPSA) is 63.6 Å². The highest BCUT2D eigenvalue weighted by Gasteiger charge is 2.28. The van der Waals surface area contributed by atoms with Crippen molar-refractivity contribution in [2.75, 3.05) is 0 Å². The fraction of sp³-hybridized carbons (Fsp3) is 0.905. The van der Waals surface area contributed by atoms with Crippen LogP contribution in [0.4, 0.5) is 0 Å². The number of ether oxygens (including phenoxy) is 1. The minimum atomic E-state index is -1.12. The molecule has 1 unspecified atom stereocenters. The van der Waals surface area contributed by atoms with Gasteiger partial charge in [0, 0.05) is 0 Å². The summed E-state index contributed by atoms with van der Waals surface area (Å²) in [6.07, 6.45) is 15.9. The highest BCUT2D eigenvalue weighted by atomic mass is 24.3. The van der Waals surface area contributed by atoms with Gasteiger partial charge in [-0.25, -0.2) is 0 Å². The summed E-state index contributed by atoms with van der Waals surface area (Å²) in [7, 11) is 0. The molecule has 5 heteroatoms. The molecule has 1 N–H and O–H groups in total. The van der Waals surface area contributed by atoms with Crippen LogP contribution >= 0.6 is 0 Å². The number of carbonyl (C=O) groups is 2. The van der Waals surface area contributed by atoms with E-state index < -0.39 is 24.0 Å². The number of carboxylic acid groups (broad SMARTS) is 1. The Morgan fingerprint density at radius 2 is 1.19 bits per heavy atom. The van der Waals surface area contributed by atoms with E-state index in [9.17, 15) is 9.59 Å². The Morgan fingerprint density at radius 3 is 1.65 bits per heavy atom. The van der Waals surface area contributed by atoms with Crippen molar-refractivity contribution < 1.29 is 19.4 Å². The summed E-state index contributed by atoms with van der Waals surface area (Å²) in [5.74, 6) is -1.74. The molecule has 1 atom stereocenters. The largest absolute Gasteiger partial charge is 0.481 e. The van der Waals surface area contributed by atoms with Gasteiger partial charge in [0.05, 0.1) is 0 Å². The van der Waals surface area contributed by atoms with Crippen molar-refractivity contribution in [3.63, 3.8) is 0 Å². The minimum absolute atomic E-state index is 0. The first-order valence-electron chi connectivity index (χ1n) is 10.4. The first-order chi connectivity index (χ1) is 11.9. The van der Waals surface area contributed by atoms with Gasteiger partial charge in [-0.3, -0.25) is 9.59 Å². The van der Waals surface area contributed by atoms with Crippen LogP contribution < -0.4 is 0 Å². The minimum Gasteiger partial charge on any atom is -0.481 e. The predicted molar refractivity (Wildman–Crippen MR) is 111 cm³/mol. The summed E-state index contributed by atoms with van der Waals surface area (Å²) >= 11 is 0. The summed E-state index contributed by atoms with van der Waals surface area (Å²) < 4.78 is 5.51. The van der Waals surface area contributed by atoms with Gasteiger partial charge in [-0.15, -0.1) is 0 Å². The second-order valence-corrected chi connectivity index (χ2v) is 7.53. The van der Waals surface area contributed by atoms with E-state index in [4.69, 9.17) is 9.84 Å². The zero-order chi connectivity index (χ0) is 19.0. The molecule has 0 spiro atoms. The van der Waals surface area contributed by atoms with E-state index in [1.165, 1.54) is 51.4 Å². The summed E-state index contributed by atoms with van der Waals surface area (Å²) in [5.41, 5.74) is -0.511. The zero-order valence-electron chi connectivity index (χ0n) is 16.8. The molecule has 0 amide bonds. The Morgan fingerprint density at radius 1 is 0.769 bits per heavy atom. The lowest BCUT2D eigenvalue weighted by Gasteiger charge is -2.29. The van der Waals surface area contributed by atoms with Gasteiger partial charge in [0.25, 0.3) is 0 Å². The van der Waals surface area contributed by atoms with Crippen LogP contribution in [0.25, 0.3) is 0 Å². The predicted octanol–water partition coefficient (Wildman–Crippen LogP) is 5.35.